The van der Waals surface area contributed by atoms with Gasteiger partial charge in [0.1, 0.15) is 0 Å². The maximum absolute atomic E-state index is 3.73. The van der Waals surface area contributed by atoms with Gasteiger partial charge in [0.25, 0.3) is 0 Å². The molecule has 0 heterocycles. The molecule has 0 spiro atoms. The minimum Gasteiger partial charge on any atom is -0.412 e. The quantitative estimate of drug-likeness (QED) is 0.555. The Balaban J connectivity index is 0.00000182. The van der Waals surface area contributed by atoms with Crippen LogP contribution in [0.5, 0.6) is 0 Å². The lowest BCUT2D eigenvalue weighted by Crippen LogP contribution is -2.27. The van der Waals surface area contributed by atoms with E-state index in [4.69, 9.17) is 0 Å². The molecule has 0 aromatic rings. The molecule has 27 heavy (non-hydrogen) atoms. The molecule has 0 radical (unpaired) electrons. The second-order valence-electron chi connectivity index (χ2n) is 10.3. The van der Waals surface area contributed by atoms with E-state index in [0.29, 0.717) is 11.8 Å². The summed E-state index contributed by atoms with van der Waals surface area (Å²) in [6.07, 6.45) is 15.9. The number of hydrogen-bond donors (Lipinski definition) is 0. The van der Waals surface area contributed by atoms with Gasteiger partial charge in [-0.15, -0.1) is 0 Å². The van der Waals surface area contributed by atoms with E-state index in [0.717, 1.165) is 35.5 Å². The monoisotopic (exact) mass is 378 g/mol. The Morgan fingerprint density at radius 3 is 1.56 bits per heavy atom. The van der Waals surface area contributed by atoms with Crippen LogP contribution < -0.4 is 0 Å². The summed E-state index contributed by atoms with van der Waals surface area (Å²) in [4.78, 5) is 0. The van der Waals surface area contributed by atoms with Gasteiger partial charge in [0.2, 0.25) is 0 Å². The maximum atomic E-state index is 3.73. The van der Waals surface area contributed by atoms with Crippen LogP contribution in [0.15, 0.2) is 0 Å². The Bertz CT molecular complexity index is 448. The smallest absolute Gasteiger partial charge is 0.0208 e. The highest BCUT2D eigenvalue weighted by molar-refractivity contribution is 5.10. The van der Waals surface area contributed by atoms with Crippen LogP contribution in [-0.4, -0.2) is 11.0 Å². The summed E-state index contributed by atoms with van der Waals surface area (Å²) in [5.74, 6) is 14.5. The molecular formula is C25H46O2. The fraction of sp³-hybridized carbons (Fsp3) is 0.920. The molecule has 2 nitrogen and oxygen atoms in total. The third kappa shape index (κ3) is 7.10. The molecule has 0 amide bonds. The Labute approximate surface area is 168 Å². The van der Waals surface area contributed by atoms with Crippen molar-refractivity contribution >= 4 is 0 Å². The van der Waals surface area contributed by atoms with Gasteiger partial charge in [-0.1, -0.05) is 65.2 Å². The predicted molar refractivity (Wildman–Crippen MR) is 116 cm³/mol. The predicted octanol–water partition coefficient (Wildman–Crippen LogP) is 5.68. The average molecular weight is 379 g/mol. The van der Waals surface area contributed by atoms with Gasteiger partial charge in [-0.2, -0.15) is 0 Å². The van der Waals surface area contributed by atoms with Crippen LogP contribution >= 0.6 is 0 Å². The second kappa shape index (κ2) is 11.5. The highest BCUT2D eigenvalue weighted by atomic mass is 16.0. The van der Waals surface area contributed by atoms with E-state index >= 15 is 0 Å². The molecule has 2 atom stereocenters. The van der Waals surface area contributed by atoms with Crippen LogP contribution in [0.2, 0.25) is 0 Å². The highest BCUT2D eigenvalue weighted by Gasteiger charge is 2.29. The van der Waals surface area contributed by atoms with E-state index in [9.17, 15) is 0 Å². The molecule has 2 unspecified atom stereocenters. The van der Waals surface area contributed by atoms with E-state index in [1.54, 1.807) is 0 Å². The standard InChI is InChI=1S/C25H42.2H2O/c1-18-5-7-23(8-6-18)17-24-12-9-22(10-13-24)11-14-25-15-19(2)21(4)20(3)16-25;;/h18-25H,5-10,12-13,15-17H2,1-4H3;2*1H2. The second-order valence-corrected chi connectivity index (χ2v) is 10.3. The van der Waals surface area contributed by atoms with Crippen molar-refractivity contribution in [3.63, 3.8) is 0 Å². The zero-order chi connectivity index (χ0) is 17.8. The fourth-order valence-corrected chi connectivity index (χ4v) is 5.92. The molecule has 0 aliphatic heterocycles. The van der Waals surface area contributed by atoms with Crippen molar-refractivity contribution < 1.29 is 11.0 Å². The van der Waals surface area contributed by atoms with Gasteiger partial charge in [-0.25, -0.2) is 0 Å². The molecule has 3 aliphatic rings. The third-order valence-electron chi connectivity index (χ3n) is 8.25. The van der Waals surface area contributed by atoms with Crippen LogP contribution in [0.4, 0.5) is 0 Å². The van der Waals surface area contributed by atoms with Gasteiger partial charge in [0, 0.05) is 11.8 Å². The van der Waals surface area contributed by atoms with Crippen molar-refractivity contribution in [2.45, 2.75) is 98.3 Å². The molecule has 0 aromatic carbocycles. The fourth-order valence-electron chi connectivity index (χ4n) is 5.92. The van der Waals surface area contributed by atoms with Crippen LogP contribution in [0.1, 0.15) is 98.3 Å². The van der Waals surface area contributed by atoms with Crippen molar-refractivity contribution in [1.82, 2.24) is 0 Å². The Morgan fingerprint density at radius 1 is 0.593 bits per heavy atom. The lowest BCUT2D eigenvalue weighted by molar-refractivity contribution is 0.167. The lowest BCUT2D eigenvalue weighted by Gasteiger charge is -2.35. The maximum Gasteiger partial charge on any atom is 0.0208 e. The number of hydrogen-bond acceptors (Lipinski definition) is 0. The first kappa shape index (κ1) is 24.5. The SMILES string of the molecule is CC1CCC(CC2CCC(C#CC3CC(C)C(C)C(C)C3)CC2)CC1.O.O. The molecule has 0 saturated heterocycles. The van der Waals surface area contributed by atoms with Gasteiger partial charge in [0.15, 0.2) is 0 Å². The van der Waals surface area contributed by atoms with E-state index in [1.807, 2.05) is 0 Å². The van der Waals surface area contributed by atoms with Crippen molar-refractivity contribution in [2.75, 3.05) is 0 Å². The molecule has 3 aliphatic carbocycles. The van der Waals surface area contributed by atoms with Crippen LogP contribution in [-0.2, 0) is 0 Å². The van der Waals surface area contributed by atoms with Crippen molar-refractivity contribution in [1.29, 1.82) is 0 Å². The van der Waals surface area contributed by atoms with E-state index < -0.39 is 0 Å². The van der Waals surface area contributed by atoms with Crippen molar-refractivity contribution in [3.05, 3.63) is 0 Å². The molecule has 3 fully saturated rings. The third-order valence-corrected chi connectivity index (χ3v) is 8.25. The zero-order valence-corrected chi connectivity index (χ0v) is 18.4. The summed E-state index contributed by atoms with van der Waals surface area (Å²) in [6, 6.07) is 0. The van der Waals surface area contributed by atoms with Gasteiger partial charge in [-0.05, 0) is 80.5 Å². The first-order chi connectivity index (χ1) is 12.0. The Hall–Kier alpha value is -0.520. The minimum atomic E-state index is 0. The molecule has 0 aromatic heterocycles. The summed E-state index contributed by atoms with van der Waals surface area (Å²) in [5, 5.41) is 0. The normalized spacial score (nSPS) is 42.1. The largest absolute Gasteiger partial charge is 0.412 e. The molecule has 158 valence electrons. The van der Waals surface area contributed by atoms with Crippen molar-refractivity contribution in [3.8, 4) is 11.8 Å². The molecule has 2 heteroatoms. The molecule has 3 rings (SSSR count). The molecule has 0 bridgehead atoms. The Kier molecular flexibility index (Phi) is 10.4. The topological polar surface area (TPSA) is 63.0 Å². The van der Waals surface area contributed by atoms with Crippen LogP contribution in [0, 0.1) is 59.2 Å². The highest BCUT2D eigenvalue weighted by Crippen LogP contribution is 2.39. The minimum absolute atomic E-state index is 0. The zero-order valence-electron chi connectivity index (χ0n) is 18.4. The molecule has 3 saturated carbocycles. The average Bonchev–Trinajstić information content (AvgIpc) is 2.61. The number of rotatable bonds is 2. The van der Waals surface area contributed by atoms with Gasteiger partial charge in [-0.3, -0.25) is 0 Å². The van der Waals surface area contributed by atoms with Gasteiger partial charge >= 0.3 is 0 Å². The van der Waals surface area contributed by atoms with E-state index in [-0.39, 0.29) is 11.0 Å². The molecule has 4 N–H and O–H groups in total. The summed E-state index contributed by atoms with van der Waals surface area (Å²) < 4.78 is 0. The summed E-state index contributed by atoms with van der Waals surface area (Å²) in [6.45, 7) is 9.75. The van der Waals surface area contributed by atoms with Gasteiger partial charge in [0.05, 0.1) is 0 Å². The van der Waals surface area contributed by atoms with Crippen LogP contribution in [0.25, 0.3) is 0 Å². The van der Waals surface area contributed by atoms with Crippen LogP contribution in [0.3, 0.4) is 0 Å². The first-order valence-electron chi connectivity index (χ1n) is 11.5. The van der Waals surface area contributed by atoms with E-state index in [2.05, 4.69) is 39.5 Å². The summed E-state index contributed by atoms with van der Waals surface area (Å²) in [5.41, 5.74) is 0. The van der Waals surface area contributed by atoms with Crippen molar-refractivity contribution in [2.24, 2.45) is 47.3 Å². The van der Waals surface area contributed by atoms with Gasteiger partial charge < -0.3 is 11.0 Å². The summed E-state index contributed by atoms with van der Waals surface area (Å²) in [7, 11) is 0. The lowest BCUT2D eigenvalue weighted by atomic mass is 9.70. The molecular weight excluding hydrogens is 332 g/mol. The summed E-state index contributed by atoms with van der Waals surface area (Å²) >= 11 is 0. The van der Waals surface area contributed by atoms with E-state index in [1.165, 1.54) is 70.6 Å². The first-order valence-corrected chi connectivity index (χ1v) is 11.5. The Morgan fingerprint density at radius 2 is 1.04 bits per heavy atom.